The van der Waals surface area contributed by atoms with Gasteiger partial charge in [0.25, 0.3) is 0 Å². The first-order valence-electron chi connectivity index (χ1n) is 10.5. The Hall–Kier alpha value is -2.16. The Kier molecular flexibility index (Phi) is 4.47. The van der Waals surface area contributed by atoms with Crippen molar-refractivity contribution in [3.63, 3.8) is 0 Å². The zero-order valence-corrected chi connectivity index (χ0v) is 19.6. The van der Waals surface area contributed by atoms with E-state index in [1.54, 1.807) is 0 Å². The van der Waals surface area contributed by atoms with Gasteiger partial charge in [0.2, 0.25) is 0 Å². The zero-order valence-electron chi connectivity index (χ0n) is 16.4. The van der Waals surface area contributed by atoms with Crippen molar-refractivity contribution in [1.82, 2.24) is 0 Å². The molecule has 0 saturated carbocycles. The van der Waals surface area contributed by atoms with E-state index in [4.69, 9.17) is 0 Å². The van der Waals surface area contributed by atoms with Gasteiger partial charge in [-0.15, -0.1) is 0 Å². The molecule has 0 aromatic heterocycles. The van der Waals surface area contributed by atoms with Gasteiger partial charge >= 0.3 is 0 Å². The molecule has 2 unspecified atom stereocenters. The van der Waals surface area contributed by atoms with Gasteiger partial charge in [0.15, 0.2) is 0 Å². The average molecular weight is 516 g/mol. The average Bonchev–Trinajstić information content (AvgIpc) is 2.81. The van der Waals surface area contributed by atoms with Crippen LogP contribution in [-0.2, 0) is 0 Å². The van der Waals surface area contributed by atoms with E-state index in [0.29, 0.717) is 11.8 Å². The second-order valence-electron chi connectivity index (χ2n) is 8.23. The molecule has 0 amide bonds. The van der Waals surface area contributed by atoms with Crippen LogP contribution in [-0.4, -0.2) is 0 Å². The van der Waals surface area contributed by atoms with E-state index < -0.39 is 0 Å². The highest BCUT2D eigenvalue weighted by atomic mass is 79.9. The van der Waals surface area contributed by atoms with Crippen molar-refractivity contribution in [2.75, 3.05) is 0 Å². The molecule has 0 N–H and O–H groups in total. The lowest BCUT2D eigenvalue weighted by Crippen LogP contribution is -2.39. The van der Waals surface area contributed by atoms with Crippen LogP contribution >= 0.6 is 31.9 Å². The monoisotopic (exact) mass is 514 g/mol. The second kappa shape index (κ2) is 7.21. The van der Waals surface area contributed by atoms with Crippen LogP contribution in [0.4, 0.5) is 0 Å². The number of benzene rings is 4. The lowest BCUT2D eigenvalue weighted by atomic mass is 9.71. The molecule has 0 aliphatic heterocycles. The lowest BCUT2D eigenvalue weighted by Gasteiger charge is -2.34. The predicted octanol–water partition coefficient (Wildman–Crippen LogP) is 7.05. The maximum atomic E-state index is 3.98. The Balaban J connectivity index is 1.88. The molecule has 0 heterocycles. The van der Waals surface area contributed by atoms with Gasteiger partial charge in [-0.25, -0.2) is 0 Å². The molecule has 0 bridgehead atoms. The lowest BCUT2D eigenvalue weighted by molar-refractivity contribution is 0.521. The van der Waals surface area contributed by atoms with Crippen LogP contribution < -0.4 is 10.4 Å². The van der Waals surface area contributed by atoms with Crippen molar-refractivity contribution >= 4 is 63.5 Å². The molecular weight excluding hydrogens is 496 g/mol. The molecule has 4 aromatic rings. The van der Waals surface area contributed by atoms with Crippen LogP contribution in [0.1, 0.15) is 18.4 Å². The van der Waals surface area contributed by atoms with Crippen molar-refractivity contribution in [3.8, 4) is 0 Å². The molecule has 0 saturated heterocycles. The van der Waals surface area contributed by atoms with Crippen molar-refractivity contribution in [2.24, 2.45) is 11.8 Å². The normalized spacial score (nSPS) is 20.5. The topological polar surface area (TPSA) is 0 Å². The van der Waals surface area contributed by atoms with Gasteiger partial charge in [0, 0.05) is 14.9 Å². The Bertz CT molecular complexity index is 1420. The number of hydrogen-bond acceptors (Lipinski definition) is 0. The van der Waals surface area contributed by atoms with E-state index in [9.17, 15) is 0 Å². The summed E-state index contributed by atoms with van der Waals surface area (Å²) in [5.74, 6) is 0.886. The van der Waals surface area contributed by atoms with Crippen LogP contribution in [0.5, 0.6) is 0 Å². The van der Waals surface area contributed by atoms with Crippen molar-refractivity contribution in [1.29, 1.82) is 0 Å². The van der Waals surface area contributed by atoms with Crippen molar-refractivity contribution in [3.05, 3.63) is 105 Å². The third-order valence-corrected chi connectivity index (χ3v) is 8.50. The quantitative estimate of drug-likeness (QED) is 0.188. The van der Waals surface area contributed by atoms with E-state index in [1.165, 1.54) is 58.5 Å². The minimum atomic E-state index is 0.407. The van der Waals surface area contributed by atoms with Gasteiger partial charge < -0.3 is 0 Å². The summed E-state index contributed by atoms with van der Waals surface area (Å²) < 4.78 is 2.52. The van der Waals surface area contributed by atoms with E-state index in [1.807, 2.05) is 0 Å². The second-order valence-corrected chi connectivity index (χ2v) is 9.87. The Labute approximate surface area is 192 Å². The number of fused-ring (bicyclic) bond motifs is 4. The number of allylic oxidation sites excluding steroid dienone is 2. The summed E-state index contributed by atoms with van der Waals surface area (Å²) in [6.07, 6.45) is 7.08. The molecule has 0 spiro atoms. The summed E-state index contributed by atoms with van der Waals surface area (Å²) in [7, 11) is 0. The molecule has 30 heavy (non-hydrogen) atoms. The van der Waals surface area contributed by atoms with Crippen molar-refractivity contribution in [2.45, 2.75) is 12.8 Å². The Morgan fingerprint density at radius 3 is 1.90 bits per heavy atom. The molecule has 4 aromatic carbocycles. The summed E-state index contributed by atoms with van der Waals surface area (Å²) in [6, 6.07) is 26.6. The van der Waals surface area contributed by atoms with E-state index >= 15 is 0 Å². The maximum absolute atomic E-state index is 3.98. The molecule has 2 heteroatoms. The molecule has 6 rings (SSSR count). The van der Waals surface area contributed by atoms with Crippen LogP contribution in [0.3, 0.4) is 0 Å². The van der Waals surface area contributed by atoms with E-state index in [-0.39, 0.29) is 0 Å². The standard InChI is InChI=1S/C28H20Br2/c29-27-21-13-5-1-9-17(21)25(18-10-2-6-14-22(18)27)26-19-11-3-7-15-23(19)28(30)24-16-8-4-12-20(24)26/h1-3,5-11,13-16,20,24H,4,12H2. The first kappa shape index (κ1) is 18.6. The molecule has 0 radical (unpaired) electrons. The molecule has 2 aliphatic rings. The smallest absolute Gasteiger partial charge is 0.0332 e. The summed E-state index contributed by atoms with van der Waals surface area (Å²) in [5, 5.41) is 7.94. The molecule has 0 fully saturated rings. The van der Waals surface area contributed by atoms with Crippen LogP contribution in [0.2, 0.25) is 0 Å². The Morgan fingerprint density at radius 1 is 0.667 bits per heavy atom. The fourth-order valence-corrected chi connectivity index (χ4v) is 6.92. The van der Waals surface area contributed by atoms with Gasteiger partial charge in [0.1, 0.15) is 0 Å². The number of rotatable bonds is 1. The van der Waals surface area contributed by atoms with Crippen LogP contribution in [0.25, 0.3) is 31.6 Å². The van der Waals surface area contributed by atoms with Gasteiger partial charge in [-0.05, 0) is 77.8 Å². The highest BCUT2D eigenvalue weighted by molar-refractivity contribution is 9.14. The highest BCUT2D eigenvalue weighted by Gasteiger charge is 2.33. The van der Waals surface area contributed by atoms with Gasteiger partial charge in [0.05, 0.1) is 0 Å². The van der Waals surface area contributed by atoms with E-state index in [2.05, 4.69) is 117 Å². The van der Waals surface area contributed by atoms with E-state index in [0.717, 1.165) is 6.42 Å². The first-order valence-corrected chi connectivity index (χ1v) is 12.1. The van der Waals surface area contributed by atoms with Crippen LogP contribution in [0.15, 0.2) is 89.4 Å². The molecule has 146 valence electrons. The van der Waals surface area contributed by atoms with Crippen LogP contribution in [0, 0.1) is 11.8 Å². The Morgan fingerprint density at radius 2 is 1.23 bits per heavy atom. The minimum absolute atomic E-state index is 0.407. The molecule has 2 atom stereocenters. The number of halogens is 2. The first-order chi connectivity index (χ1) is 14.8. The summed E-state index contributed by atoms with van der Waals surface area (Å²) >= 11 is 7.90. The third kappa shape index (κ3) is 2.63. The fourth-order valence-electron chi connectivity index (χ4n) is 5.41. The molecule has 2 aliphatic carbocycles. The number of hydrogen-bond donors (Lipinski definition) is 0. The van der Waals surface area contributed by atoms with Gasteiger partial charge in [-0.2, -0.15) is 0 Å². The fraction of sp³-hybridized carbons (Fsp3) is 0.143. The SMILES string of the molecule is BrC1=c2ccccc2=C(c2c3ccccc3c(Br)c3ccccc23)C2CCC=CC12. The highest BCUT2D eigenvalue weighted by Crippen LogP contribution is 2.47. The van der Waals surface area contributed by atoms with Crippen molar-refractivity contribution < 1.29 is 0 Å². The minimum Gasteiger partial charge on any atom is -0.0879 e. The van der Waals surface area contributed by atoms with Gasteiger partial charge in [-0.3, -0.25) is 0 Å². The van der Waals surface area contributed by atoms with Gasteiger partial charge in [-0.1, -0.05) is 101 Å². The summed E-state index contributed by atoms with van der Waals surface area (Å²) in [5.41, 5.74) is 2.91. The molecular formula is C28H20Br2. The maximum Gasteiger partial charge on any atom is 0.0332 e. The largest absolute Gasteiger partial charge is 0.0879 e. The summed E-state index contributed by atoms with van der Waals surface area (Å²) in [4.78, 5) is 0. The third-order valence-electron chi connectivity index (χ3n) is 6.69. The zero-order chi connectivity index (χ0) is 20.2. The summed E-state index contributed by atoms with van der Waals surface area (Å²) in [6.45, 7) is 0. The predicted molar refractivity (Wildman–Crippen MR) is 135 cm³/mol. The molecule has 0 nitrogen and oxygen atoms in total.